The van der Waals surface area contributed by atoms with Crippen LogP contribution in [-0.2, 0) is 38.8 Å². The standard InChI is InChI=1S/C21H13F9OSi.2O.V/c22-19(23,24)13-4-1-7-16(10-13)32(31,17-8-2-5-14(11-17)20(25,26)27)18-9-3-6-15(12-18)21(28,29)30;;;/h1-12,31H;;;/q;;-1;. The Bertz CT molecular complexity index is 1040. The molecule has 188 valence electrons. The second kappa shape index (κ2) is 10.7. The van der Waals surface area contributed by atoms with E-state index >= 15 is 0 Å². The second-order valence-corrected chi connectivity index (χ2v) is 10.4. The summed E-state index contributed by atoms with van der Waals surface area (Å²) in [6.45, 7) is 0. The second-order valence-electron chi connectivity index (χ2n) is 7.02. The molecule has 0 unspecified atom stereocenters. The Morgan fingerprint density at radius 1 is 0.600 bits per heavy atom. The summed E-state index contributed by atoms with van der Waals surface area (Å²) in [4.78, 5) is 11.6. The molecule has 3 nitrogen and oxygen atoms in total. The molecule has 0 aliphatic rings. The van der Waals surface area contributed by atoms with Crippen molar-refractivity contribution in [3.63, 3.8) is 0 Å². The molecular weight excluding hydrogens is 550 g/mol. The van der Waals surface area contributed by atoms with Gasteiger partial charge in [0.2, 0.25) is 0 Å². The molecule has 0 atom stereocenters. The summed E-state index contributed by atoms with van der Waals surface area (Å²) in [7, 11) is -4.71. The Morgan fingerprint density at radius 3 is 1.03 bits per heavy atom. The molecule has 0 spiro atoms. The van der Waals surface area contributed by atoms with E-state index in [0.29, 0.717) is 36.4 Å². The SMILES string of the molecule is O[Si](c1cccc(C(F)(F)F)c1)(c1cccc(C(F)(F)F)c1)c1cccc(C(F)(F)F)c1.[O]=[V][O-]. The van der Waals surface area contributed by atoms with Gasteiger partial charge in [0.15, 0.2) is 0 Å². The van der Waals surface area contributed by atoms with Crippen LogP contribution in [0, 0.1) is 0 Å². The molecule has 0 amide bonds. The van der Waals surface area contributed by atoms with Gasteiger partial charge in [0, 0.05) is 0 Å². The molecule has 0 aliphatic heterocycles. The first kappa shape index (κ1) is 28.8. The van der Waals surface area contributed by atoms with E-state index in [1.54, 1.807) is 0 Å². The average molecular weight is 563 g/mol. The zero-order valence-corrected chi connectivity index (χ0v) is 19.4. The van der Waals surface area contributed by atoms with Gasteiger partial charge in [0.1, 0.15) is 0 Å². The molecular formula is C21H13F9O3SiV-. The summed E-state index contributed by atoms with van der Waals surface area (Å²) in [6, 6.07) is 9.72. The fourth-order valence-electron chi connectivity index (χ4n) is 3.26. The molecule has 0 radical (unpaired) electrons. The Kier molecular flexibility index (Phi) is 8.77. The van der Waals surface area contributed by atoms with E-state index in [0.717, 1.165) is 36.4 Å². The first-order valence-corrected chi connectivity index (χ1v) is 12.3. The van der Waals surface area contributed by atoms with Crippen LogP contribution in [0.5, 0.6) is 0 Å². The van der Waals surface area contributed by atoms with E-state index in [9.17, 15) is 44.3 Å². The number of benzene rings is 3. The summed E-state index contributed by atoms with van der Waals surface area (Å²) in [5.41, 5.74) is -3.58. The van der Waals surface area contributed by atoms with Crippen molar-refractivity contribution in [2.75, 3.05) is 0 Å². The number of alkyl halides is 9. The Hall–Kier alpha value is -2.45. The van der Waals surface area contributed by atoms with Crippen LogP contribution < -0.4 is 19.6 Å². The summed E-state index contributed by atoms with van der Waals surface area (Å²) in [5, 5.41) is -1.23. The van der Waals surface area contributed by atoms with Crippen molar-refractivity contribution in [2.45, 2.75) is 18.5 Å². The number of hydrogen-bond donors (Lipinski definition) is 1. The van der Waals surface area contributed by atoms with E-state index in [1.807, 2.05) is 0 Å². The van der Waals surface area contributed by atoms with Gasteiger partial charge in [-0.25, -0.2) is 0 Å². The molecule has 0 aromatic heterocycles. The van der Waals surface area contributed by atoms with Crippen molar-refractivity contribution in [3.05, 3.63) is 89.5 Å². The summed E-state index contributed by atoms with van der Waals surface area (Å²) >= 11 is -1.81. The van der Waals surface area contributed by atoms with Crippen molar-refractivity contribution in [1.82, 2.24) is 0 Å². The van der Waals surface area contributed by atoms with Crippen LogP contribution in [0.15, 0.2) is 72.8 Å². The van der Waals surface area contributed by atoms with Crippen LogP contribution in [0.1, 0.15) is 16.7 Å². The van der Waals surface area contributed by atoms with E-state index < -0.39 is 75.7 Å². The predicted octanol–water partition coefficient (Wildman–Crippen LogP) is 3.39. The average Bonchev–Trinajstić information content (AvgIpc) is 2.77. The molecule has 14 heteroatoms. The first-order chi connectivity index (χ1) is 16.0. The molecule has 0 saturated carbocycles. The van der Waals surface area contributed by atoms with E-state index in [1.165, 1.54) is 0 Å². The van der Waals surface area contributed by atoms with Crippen LogP contribution in [-0.4, -0.2) is 13.1 Å². The Labute approximate surface area is 200 Å². The molecule has 3 aromatic carbocycles. The molecule has 3 aromatic rings. The van der Waals surface area contributed by atoms with Crippen LogP contribution in [0.2, 0.25) is 0 Å². The van der Waals surface area contributed by atoms with E-state index in [-0.39, 0.29) is 0 Å². The van der Waals surface area contributed by atoms with Gasteiger partial charge in [-0.05, 0) is 33.8 Å². The van der Waals surface area contributed by atoms with Crippen LogP contribution in [0.3, 0.4) is 0 Å². The molecule has 35 heavy (non-hydrogen) atoms. The van der Waals surface area contributed by atoms with Crippen LogP contribution >= 0.6 is 0 Å². The van der Waals surface area contributed by atoms with Gasteiger partial charge in [0.25, 0.3) is 8.32 Å². The van der Waals surface area contributed by atoms with Crippen molar-refractivity contribution in [2.24, 2.45) is 0 Å². The summed E-state index contributed by atoms with van der Waals surface area (Å²) in [5.74, 6) is 0. The van der Waals surface area contributed by atoms with Crippen LogP contribution in [0.25, 0.3) is 0 Å². The van der Waals surface area contributed by atoms with Gasteiger partial charge < -0.3 is 4.80 Å². The Balaban J connectivity index is 0.00000137. The molecule has 3 rings (SSSR count). The van der Waals surface area contributed by atoms with Crippen molar-refractivity contribution in [1.29, 1.82) is 0 Å². The van der Waals surface area contributed by atoms with Crippen molar-refractivity contribution in [3.8, 4) is 0 Å². The molecule has 0 heterocycles. The van der Waals surface area contributed by atoms with Crippen LogP contribution in [0.4, 0.5) is 39.5 Å². The van der Waals surface area contributed by atoms with Gasteiger partial charge in [-0.15, -0.1) is 0 Å². The first-order valence-electron chi connectivity index (χ1n) is 9.25. The number of halogens is 9. The molecule has 1 N–H and O–H groups in total. The zero-order chi connectivity index (χ0) is 26.7. The van der Waals surface area contributed by atoms with Gasteiger partial charge in [-0.3, -0.25) is 0 Å². The molecule has 0 bridgehead atoms. The molecule has 0 saturated heterocycles. The van der Waals surface area contributed by atoms with E-state index in [4.69, 9.17) is 7.71 Å². The third-order valence-corrected chi connectivity index (χ3v) is 8.26. The summed E-state index contributed by atoms with van der Waals surface area (Å²) < 4.78 is 136. The molecule has 0 aliphatic carbocycles. The third kappa shape index (κ3) is 6.82. The minimum absolute atomic E-state index is 0.411. The fourth-order valence-corrected chi connectivity index (χ4v) is 6.37. The van der Waals surface area contributed by atoms with Gasteiger partial charge in [-0.2, -0.15) is 39.5 Å². The van der Waals surface area contributed by atoms with Gasteiger partial charge >= 0.3 is 42.8 Å². The number of hydrogen-bond acceptors (Lipinski definition) is 3. The normalized spacial score (nSPS) is 12.5. The maximum atomic E-state index is 13.2. The van der Waals surface area contributed by atoms with E-state index in [2.05, 4.69) is 0 Å². The maximum absolute atomic E-state index is 13.2. The zero-order valence-electron chi connectivity index (χ0n) is 17.0. The van der Waals surface area contributed by atoms with Crippen molar-refractivity contribution >= 4 is 23.9 Å². The summed E-state index contributed by atoms with van der Waals surface area (Å²) in [6.07, 6.45) is -14.5. The van der Waals surface area contributed by atoms with Gasteiger partial charge in [0.05, 0.1) is 16.7 Å². The fraction of sp³-hybridized carbons (Fsp3) is 0.143. The predicted molar refractivity (Wildman–Crippen MR) is 102 cm³/mol. The minimum atomic E-state index is -4.84. The molecule has 0 fully saturated rings. The van der Waals surface area contributed by atoms with Gasteiger partial charge in [-0.1, -0.05) is 54.6 Å². The Morgan fingerprint density at radius 2 is 0.829 bits per heavy atom. The third-order valence-electron chi connectivity index (χ3n) is 4.82. The topological polar surface area (TPSA) is 60.4 Å². The number of rotatable bonds is 3. The quantitative estimate of drug-likeness (QED) is 0.302. The monoisotopic (exact) mass is 563 g/mol. The van der Waals surface area contributed by atoms with Crippen molar-refractivity contribution < 1.29 is 68.6 Å².